The van der Waals surface area contributed by atoms with Gasteiger partial charge in [-0.1, -0.05) is 13.8 Å². The largest absolute Gasteiger partial charge is 0.309 e. The zero-order valence-electron chi connectivity index (χ0n) is 13.6. The Balaban J connectivity index is 1.98. The van der Waals surface area contributed by atoms with Crippen LogP contribution in [-0.2, 0) is 0 Å². The van der Waals surface area contributed by atoms with Crippen molar-refractivity contribution < 1.29 is 0 Å². The lowest BCUT2D eigenvalue weighted by atomic mass is 9.79. The Morgan fingerprint density at radius 1 is 1.16 bits per heavy atom. The maximum absolute atomic E-state index is 3.70. The standard InChI is InChI=1S/C16H33N3/c1-6-14-11-17-15(2,3)12-19(14)13-16(4)7-9-18(5)10-8-16/h14,17H,6-13H2,1-5H3. The van der Waals surface area contributed by atoms with Crippen molar-refractivity contribution in [3.63, 3.8) is 0 Å². The van der Waals surface area contributed by atoms with E-state index >= 15 is 0 Å². The molecule has 0 spiro atoms. The average Bonchev–Trinajstić information content (AvgIpc) is 2.33. The van der Waals surface area contributed by atoms with Crippen LogP contribution in [-0.4, -0.2) is 61.2 Å². The van der Waals surface area contributed by atoms with Crippen molar-refractivity contribution in [2.75, 3.05) is 39.8 Å². The fourth-order valence-electron chi connectivity index (χ4n) is 3.61. The SMILES string of the molecule is CCC1CNC(C)(C)CN1CC1(C)CCN(C)CC1. The van der Waals surface area contributed by atoms with Crippen molar-refractivity contribution in [1.29, 1.82) is 0 Å². The first-order valence-electron chi connectivity index (χ1n) is 8.01. The Labute approximate surface area is 119 Å². The van der Waals surface area contributed by atoms with Crippen LogP contribution < -0.4 is 5.32 Å². The van der Waals surface area contributed by atoms with Gasteiger partial charge in [0.2, 0.25) is 0 Å². The van der Waals surface area contributed by atoms with Crippen LogP contribution >= 0.6 is 0 Å². The van der Waals surface area contributed by atoms with Gasteiger partial charge in [-0.2, -0.15) is 0 Å². The summed E-state index contributed by atoms with van der Waals surface area (Å²) in [6.07, 6.45) is 3.97. The molecule has 0 aliphatic carbocycles. The molecule has 2 saturated heterocycles. The Bertz CT molecular complexity index is 292. The smallest absolute Gasteiger partial charge is 0.0252 e. The minimum absolute atomic E-state index is 0.271. The molecule has 2 rings (SSSR count). The van der Waals surface area contributed by atoms with Crippen LogP contribution in [0.1, 0.15) is 47.0 Å². The van der Waals surface area contributed by atoms with Crippen LogP contribution in [0, 0.1) is 5.41 Å². The highest BCUT2D eigenvalue weighted by Gasteiger charge is 2.37. The summed E-state index contributed by atoms with van der Waals surface area (Å²) in [7, 11) is 2.25. The Kier molecular flexibility index (Phi) is 4.59. The summed E-state index contributed by atoms with van der Waals surface area (Å²) in [6, 6.07) is 0.726. The van der Waals surface area contributed by atoms with E-state index < -0.39 is 0 Å². The first kappa shape index (κ1) is 15.3. The van der Waals surface area contributed by atoms with Gasteiger partial charge in [0.05, 0.1) is 0 Å². The Morgan fingerprint density at radius 3 is 2.37 bits per heavy atom. The summed E-state index contributed by atoms with van der Waals surface area (Å²) >= 11 is 0. The molecule has 0 aromatic rings. The highest BCUT2D eigenvalue weighted by atomic mass is 15.3. The summed E-state index contributed by atoms with van der Waals surface area (Å²) in [5.74, 6) is 0. The van der Waals surface area contributed by atoms with Crippen molar-refractivity contribution >= 4 is 0 Å². The number of nitrogens with zero attached hydrogens (tertiary/aromatic N) is 2. The molecular weight excluding hydrogens is 234 g/mol. The van der Waals surface area contributed by atoms with E-state index in [4.69, 9.17) is 0 Å². The topological polar surface area (TPSA) is 18.5 Å². The van der Waals surface area contributed by atoms with Crippen molar-refractivity contribution in [3.05, 3.63) is 0 Å². The fraction of sp³-hybridized carbons (Fsp3) is 1.00. The van der Waals surface area contributed by atoms with Gasteiger partial charge in [0.15, 0.2) is 0 Å². The first-order chi connectivity index (χ1) is 8.84. The van der Waals surface area contributed by atoms with Gasteiger partial charge in [0, 0.05) is 31.2 Å². The van der Waals surface area contributed by atoms with Crippen LogP contribution in [0.2, 0.25) is 0 Å². The van der Waals surface area contributed by atoms with E-state index in [1.165, 1.54) is 45.4 Å². The number of piperazine rings is 1. The third kappa shape index (κ3) is 3.93. The molecule has 2 heterocycles. The molecule has 3 heteroatoms. The average molecular weight is 267 g/mol. The summed E-state index contributed by atoms with van der Waals surface area (Å²) in [5.41, 5.74) is 0.792. The van der Waals surface area contributed by atoms with E-state index in [1.54, 1.807) is 0 Å². The second-order valence-corrected chi connectivity index (χ2v) is 7.85. The molecule has 1 unspecified atom stereocenters. The normalized spacial score (nSPS) is 32.4. The summed E-state index contributed by atoms with van der Waals surface area (Å²) in [5, 5.41) is 3.70. The maximum Gasteiger partial charge on any atom is 0.0252 e. The zero-order valence-corrected chi connectivity index (χ0v) is 13.6. The predicted molar refractivity (Wildman–Crippen MR) is 82.6 cm³/mol. The van der Waals surface area contributed by atoms with Crippen LogP contribution in [0.5, 0.6) is 0 Å². The van der Waals surface area contributed by atoms with Gasteiger partial charge in [0.25, 0.3) is 0 Å². The minimum Gasteiger partial charge on any atom is -0.309 e. The van der Waals surface area contributed by atoms with Gasteiger partial charge >= 0.3 is 0 Å². The Hall–Kier alpha value is -0.120. The maximum atomic E-state index is 3.70. The van der Waals surface area contributed by atoms with E-state index in [-0.39, 0.29) is 5.54 Å². The van der Waals surface area contributed by atoms with Crippen LogP contribution in [0.15, 0.2) is 0 Å². The van der Waals surface area contributed by atoms with Gasteiger partial charge in [-0.15, -0.1) is 0 Å². The molecule has 112 valence electrons. The fourth-order valence-corrected chi connectivity index (χ4v) is 3.61. The second kappa shape index (κ2) is 5.71. The minimum atomic E-state index is 0.271. The van der Waals surface area contributed by atoms with Crippen molar-refractivity contribution in [1.82, 2.24) is 15.1 Å². The first-order valence-corrected chi connectivity index (χ1v) is 8.01. The molecule has 1 N–H and O–H groups in total. The predicted octanol–water partition coefficient (Wildman–Crippen LogP) is 2.18. The molecule has 0 aromatic carbocycles. The van der Waals surface area contributed by atoms with E-state index in [2.05, 4.69) is 49.9 Å². The molecule has 2 aliphatic heterocycles. The molecule has 3 nitrogen and oxygen atoms in total. The third-order valence-corrected chi connectivity index (χ3v) is 5.18. The quantitative estimate of drug-likeness (QED) is 0.845. The van der Waals surface area contributed by atoms with Gasteiger partial charge < -0.3 is 10.2 Å². The lowest BCUT2D eigenvalue weighted by molar-refractivity contribution is 0.0259. The lowest BCUT2D eigenvalue weighted by Crippen LogP contribution is -2.63. The number of nitrogens with one attached hydrogen (secondary N) is 1. The van der Waals surface area contributed by atoms with Gasteiger partial charge in [-0.05, 0) is 58.7 Å². The molecule has 0 bridgehead atoms. The van der Waals surface area contributed by atoms with E-state index in [0.717, 1.165) is 12.6 Å². The second-order valence-electron chi connectivity index (χ2n) is 7.85. The van der Waals surface area contributed by atoms with Crippen LogP contribution in [0.3, 0.4) is 0 Å². The van der Waals surface area contributed by atoms with E-state index in [0.29, 0.717) is 5.41 Å². The molecule has 2 aliphatic rings. The third-order valence-electron chi connectivity index (χ3n) is 5.18. The highest BCUT2D eigenvalue weighted by molar-refractivity contribution is 4.95. The Morgan fingerprint density at radius 2 is 1.79 bits per heavy atom. The molecule has 1 atom stereocenters. The van der Waals surface area contributed by atoms with Gasteiger partial charge in [-0.3, -0.25) is 4.90 Å². The summed E-state index contributed by atoms with van der Waals surface area (Å²) in [6.45, 7) is 15.7. The number of piperidine rings is 1. The number of hydrogen-bond acceptors (Lipinski definition) is 3. The van der Waals surface area contributed by atoms with Crippen molar-refractivity contribution in [2.45, 2.75) is 58.5 Å². The summed E-state index contributed by atoms with van der Waals surface area (Å²) in [4.78, 5) is 5.24. The molecule has 0 amide bonds. The molecule has 0 radical (unpaired) electrons. The van der Waals surface area contributed by atoms with Crippen molar-refractivity contribution in [2.24, 2.45) is 5.41 Å². The van der Waals surface area contributed by atoms with E-state index in [9.17, 15) is 0 Å². The molecular formula is C16H33N3. The van der Waals surface area contributed by atoms with Crippen LogP contribution in [0.4, 0.5) is 0 Å². The molecule has 19 heavy (non-hydrogen) atoms. The lowest BCUT2D eigenvalue weighted by Gasteiger charge is -2.49. The van der Waals surface area contributed by atoms with Gasteiger partial charge in [0.1, 0.15) is 0 Å². The highest BCUT2D eigenvalue weighted by Crippen LogP contribution is 2.33. The molecule has 0 aromatic heterocycles. The summed E-state index contributed by atoms with van der Waals surface area (Å²) < 4.78 is 0. The number of hydrogen-bond donors (Lipinski definition) is 1. The monoisotopic (exact) mass is 267 g/mol. The van der Waals surface area contributed by atoms with E-state index in [1.807, 2.05) is 0 Å². The molecule has 2 fully saturated rings. The number of rotatable bonds is 3. The van der Waals surface area contributed by atoms with Gasteiger partial charge in [-0.25, -0.2) is 0 Å². The number of likely N-dealkylation sites (tertiary alicyclic amines) is 1. The van der Waals surface area contributed by atoms with Crippen LogP contribution in [0.25, 0.3) is 0 Å². The molecule has 0 saturated carbocycles. The van der Waals surface area contributed by atoms with Crippen molar-refractivity contribution in [3.8, 4) is 0 Å². The zero-order chi connectivity index (χ0) is 14.1.